The van der Waals surface area contributed by atoms with Gasteiger partial charge in [-0.05, 0) is 31.0 Å². The Bertz CT molecular complexity index is 754. The molecule has 0 amide bonds. The highest BCUT2D eigenvalue weighted by atomic mass is 15.2. The highest BCUT2D eigenvalue weighted by molar-refractivity contribution is 5.73. The molecule has 4 heteroatoms. The highest BCUT2D eigenvalue weighted by Gasteiger charge is 2.13. The molecule has 0 aliphatic rings. The number of aryl methyl sites for hydroxylation is 1. The van der Waals surface area contributed by atoms with E-state index in [0.29, 0.717) is 0 Å². The number of hydrogen-bond donors (Lipinski definition) is 2. The standard InChI is InChI=1S/C17H18N4/c1-12-5-4-6-13(9-12)10-16(21-18)17-11-19-14-7-2-3-8-15(14)20-17/h2-9,11,16,21H,10,18H2,1H3. The van der Waals surface area contributed by atoms with Gasteiger partial charge < -0.3 is 0 Å². The molecular formula is C17H18N4. The molecule has 106 valence electrons. The molecule has 0 bridgehead atoms. The fourth-order valence-electron chi connectivity index (χ4n) is 2.46. The summed E-state index contributed by atoms with van der Waals surface area (Å²) in [5.41, 5.74) is 7.96. The van der Waals surface area contributed by atoms with Crippen molar-refractivity contribution in [3.63, 3.8) is 0 Å². The predicted molar refractivity (Wildman–Crippen MR) is 84.5 cm³/mol. The Morgan fingerprint density at radius 2 is 1.90 bits per heavy atom. The molecule has 2 aromatic carbocycles. The van der Waals surface area contributed by atoms with E-state index >= 15 is 0 Å². The highest BCUT2D eigenvalue weighted by Crippen LogP contribution is 2.18. The molecule has 3 rings (SSSR count). The van der Waals surface area contributed by atoms with E-state index in [-0.39, 0.29) is 6.04 Å². The number of nitrogens with zero attached hydrogens (tertiary/aromatic N) is 2. The molecule has 3 aromatic rings. The maximum atomic E-state index is 5.72. The zero-order valence-electron chi connectivity index (χ0n) is 12.0. The van der Waals surface area contributed by atoms with Crippen LogP contribution in [0.5, 0.6) is 0 Å². The van der Waals surface area contributed by atoms with Crippen molar-refractivity contribution in [3.8, 4) is 0 Å². The van der Waals surface area contributed by atoms with E-state index in [1.54, 1.807) is 6.20 Å². The number of benzene rings is 2. The summed E-state index contributed by atoms with van der Waals surface area (Å²) in [4.78, 5) is 9.11. The van der Waals surface area contributed by atoms with Gasteiger partial charge in [0.2, 0.25) is 0 Å². The SMILES string of the molecule is Cc1cccc(CC(NN)c2cnc3ccccc3n2)c1. The topological polar surface area (TPSA) is 63.8 Å². The fraction of sp³-hybridized carbons (Fsp3) is 0.176. The van der Waals surface area contributed by atoms with Crippen molar-refractivity contribution < 1.29 is 0 Å². The first-order valence-electron chi connectivity index (χ1n) is 6.99. The molecule has 0 saturated carbocycles. The van der Waals surface area contributed by atoms with Crippen LogP contribution in [0.15, 0.2) is 54.7 Å². The molecule has 0 saturated heterocycles. The summed E-state index contributed by atoms with van der Waals surface area (Å²) in [5.74, 6) is 5.72. The molecule has 1 aromatic heterocycles. The summed E-state index contributed by atoms with van der Waals surface area (Å²) in [7, 11) is 0. The van der Waals surface area contributed by atoms with Crippen molar-refractivity contribution in [1.29, 1.82) is 0 Å². The number of hydrogen-bond acceptors (Lipinski definition) is 4. The van der Waals surface area contributed by atoms with Crippen LogP contribution >= 0.6 is 0 Å². The first kappa shape index (κ1) is 13.7. The number of hydrazine groups is 1. The first-order chi connectivity index (χ1) is 10.3. The Kier molecular flexibility index (Phi) is 3.90. The van der Waals surface area contributed by atoms with Gasteiger partial charge in [-0.25, -0.2) is 4.98 Å². The van der Waals surface area contributed by atoms with E-state index in [9.17, 15) is 0 Å². The van der Waals surface area contributed by atoms with Gasteiger partial charge in [0.05, 0.1) is 29.0 Å². The minimum absolute atomic E-state index is 0.0519. The van der Waals surface area contributed by atoms with Crippen LogP contribution < -0.4 is 11.3 Å². The van der Waals surface area contributed by atoms with Crippen LogP contribution in [0, 0.1) is 6.92 Å². The van der Waals surface area contributed by atoms with Crippen molar-refractivity contribution >= 4 is 11.0 Å². The molecule has 0 fully saturated rings. The average Bonchev–Trinajstić information content (AvgIpc) is 2.52. The third-order valence-electron chi connectivity index (χ3n) is 3.55. The molecule has 4 nitrogen and oxygen atoms in total. The van der Waals surface area contributed by atoms with Gasteiger partial charge in [0.25, 0.3) is 0 Å². The molecule has 1 atom stereocenters. The maximum absolute atomic E-state index is 5.72. The lowest BCUT2D eigenvalue weighted by molar-refractivity contribution is 0.538. The summed E-state index contributed by atoms with van der Waals surface area (Å²) in [5, 5.41) is 0. The molecule has 21 heavy (non-hydrogen) atoms. The van der Waals surface area contributed by atoms with E-state index in [4.69, 9.17) is 5.84 Å². The number of rotatable bonds is 4. The van der Waals surface area contributed by atoms with Crippen LogP contribution in [-0.4, -0.2) is 9.97 Å². The third-order valence-corrected chi connectivity index (χ3v) is 3.55. The van der Waals surface area contributed by atoms with Gasteiger partial charge >= 0.3 is 0 Å². The normalized spacial score (nSPS) is 12.5. The van der Waals surface area contributed by atoms with Gasteiger partial charge in [-0.2, -0.15) is 0 Å². The summed E-state index contributed by atoms with van der Waals surface area (Å²) < 4.78 is 0. The molecule has 1 unspecified atom stereocenters. The third kappa shape index (κ3) is 3.07. The zero-order chi connectivity index (χ0) is 14.7. The quantitative estimate of drug-likeness (QED) is 0.569. The lowest BCUT2D eigenvalue weighted by atomic mass is 10.0. The van der Waals surface area contributed by atoms with Gasteiger partial charge in [-0.3, -0.25) is 16.3 Å². The van der Waals surface area contributed by atoms with Crippen molar-refractivity contribution in [3.05, 3.63) is 71.5 Å². The molecule has 1 heterocycles. The molecule has 0 aliphatic carbocycles. The Hall–Kier alpha value is -2.30. The second-order valence-electron chi connectivity index (χ2n) is 5.20. The minimum Gasteiger partial charge on any atom is -0.271 e. The van der Waals surface area contributed by atoms with E-state index in [1.807, 2.05) is 24.3 Å². The number of nitrogens with one attached hydrogen (secondary N) is 1. The Morgan fingerprint density at radius 3 is 2.67 bits per heavy atom. The van der Waals surface area contributed by atoms with Crippen LogP contribution in [0.25, 0.3) is 11.0 Å². The van der Waals surface area contributed by atoms with Gasteiger partial charge in [-0.1, -0.05) is 42.0 Å². The van der Waals surface area contributed by atoms with Gasteiger partial charge in [0.15, 0.2) is 0 Å². The summed E-state index contributed by atoms with van der Waals surface area (Å²) in [6, 6.07) is 16.2. The minimum atomic E-state index is -0.0519. The molecule has 3 N–H and O–H groups in total. The van der Waals surface area contributed by atoms with E-state index in [2.05, 4.69) is 46.6 Å². The monoisotopic (exact) mass is 278 g/mol. The largest absolute Gasteiger partial charge is 0.271 e. The second-order valence-corrected chi connectivity index (χ2v) is 5.20. The van der Waals surface area contributed by atoms with E-state index in [0.717, 1.165) is 23.1 Å². The number of aromatic nitrogens is 2. The van der Waals surface area contributed by atoms with Gasteiger partial charge in [-0.15, -0.1) is 0 Å². The van der Waals surface area contributed by atoms with Crippen molar-refractivity contribution in [2.45, 2.75) is 19.4 Å². The molecular weight excluding hydrogens is 260 g/mol. The molecule has 0 aliphatic heterocycles. The van der Waals surface area contributed by atoms with E-state index in [1.165, 1.54) is 11.1 Å². The van der Waals surface area contributed by atoms with Gasteiger partial charge in [0.1, 0.15) is 0 Å². The summed E-state index contributed by atoms with van der Waals surface area (Å²) in [6.45, 7) is 2.09. The Morgan fingerprint density at radius 1 is 1.10 bits per heavy atom. The summed E-state index contributed by atoms with van der Waals surface area (Å²) in [6.07, 6.45) is 2.58. The lowest BCUT2D eigenvalue weighted by Crippen LogP contribution is -2.30. The van der Waals surface area contributed by atoms with Crippen molar-refractivity contribution in [2.24, 2.45) is 5.84 Å². The summed E-state index contributed by atoms with van der Waals surface area (Å²) >= 11 is 0. The second kappa shape index (κ2) is 5.99. The number of para-hydroxylation sites is 2. The fourth-order valence-corrected chi connectivity index (χ4v) is 2.46. The lowest BCUT2D eigenvalue weighted by Gasteiger charge is -2.16. The first-order valence-corrected chi connectivity index (χ1v) is 6.99. The van der Waals surface area contributed by atoms with E-state index < -0.39 is 0 Å². The molecule has 0 radical (unpaired) electrons. The number of nitrogens with two attached hydrogens (primary N) is 1. The van der Waals surface area contributed by atoms with Crippen molar-refractivity contribution in [1.82, 2.24) is 15.4 Å². The van der Waals surface area contributed by atoms with Crippen molar-refractivity contribution in [2.75, 3.05) is 0 Å². The zero-order valence-corrected chi connectivity index (χ0v) is 12.0. The Labute approximate surface area is 124 Å². The van der Waals surface area contributed by atoms with Gasteiger partial charge in [0, 0.05) is 0 Å². The van der Waals surface area contributed by atoms with Crippen LogP contribution in [0.2, 0.25) is 0 Å². The van der Waals surface area contributed by atoms with Crippen LogP contribution in [-0.2, 0) is 6.42 Å². The van der Waals surface area contributed by atoms with Crippen LogP contribution in [0.3, 0.4) is 0 Å². The predicted octanol–water partition coefficient (Wildman–Crippen LogP) is 2.69. The smallest absolute Gasteiger partial charge is 0.0890 e. The molecule has 0 spiro atoms. The maximum Gasteiger partial charge on any atom is 0.0890 e. The average molecular weight is 278 g/mol. The Balaban J connectivity index is 1.90. The van der Waals surface area contributed by atoms with Crippen LogP contribution in [0.4, 0.5) is 0 Å². The number of fused-ring (bicyclic) bond motifs is 1. The van der Waals surface area contributed by atoms with Crippen LogP contribution in [0.1, 0.15) is 22.9 Å².